The Morgan fingerprint density at radius 3 is 2.12 bits per heavy atom. The molecule has 0 fully saturated rings. The summed E-state index contributed by atoms with van der Waals surface area (Å²) in [4.78, 5) is 9.23. The molecule has 0 spiro atoms. The van der Waals surface area contributed by atoms with Gasteiger partial charge in [0.25, 0.3) is 0 Å². The summed E-state index contributed by atoms with van der Waals surface area (Å²) in [6.07, 6.45) is 1.10. The molecule has 0 radical (unpaired) electrons. The Bertz CT molecular complexity index is 650. The Hall–Kier alpha value is -1.12. The normalized spacial score (nSPS) is 11.3. The van der Waals surface area contributed by atoms with E-state index >= 15 is 0 Å². The van der Waals surface area contributed by atoms with Crippen LogP contribution < -0.4 is 10.6 Å². The van der Waals surface area contributed by atoms with Gasteiger partial charge in [-0.15, -0.1) is 35.3 Å². The molecule has 0 amide bonds. The molecule has 1 heterocycles. The van der Waals surface area contributed by atoms with Crippen LogP contribution in [-0.4, -0.2) is 32.0 Å². The molecular formula is C19H29IN4S. The van der Waals surface area contributed by atoms with Gasteiger partial charge in [0.1, 0.15) is 0 Å². The number of hydrogen-bond acceptors (Lipinski definition) is 3. The first-order chi connectivity index (χ1) is 11.6. The number of nitrogens with one attached hydrogen (secondary N) is 2. The van der Waals surface area contributed by atoms with Crippen LogP contribution in [0.1, 0.15) is 27.8 Å². The van der Waals surface area contributed by atoms with Crippen LogP contribution in [0.15, 0.2) is 41.4 Å². The van der Waals surface area contributed by atoms with Crippen molar-refractivity contribution in [3.8, 4) is 0 Å². The number of rotatable bonds is 7. The van der Waals surface area contributed by atoms with Crippen LogP contribution in [-0.2, 0) is 26.1 Å². The smallest absolute Gasteiger partial charge is 0.191 e. The first-order valence-corrected chi connectivity index (χ1v) is 9.17. The summed E-state index contributed by atoms with van der Waals surface area (Å²) in [6.45, 7) is 4.74. The van der Waals surface area contributed by atoms with E-state index in [-0.39, 0.29) is 24.0 Å². The van der Waals surface area contributed by atoms with Crippen LogP contribution in [0.4, 0.5) is 0 Å². The molecule has 0 aliphatic rings. The van der Waals surface area contributed by atoms with Gasteiger partial charge in [-0.2, -0.15) is 0 Å². The molecule has 0 saturated heterocycles. The van der Waals surface area contributed by atoms with Crippen LogP contribution in [0.3, 0.4) is 0 Å². The molecule has 25 heavy (non-hydrogen) atoms. The first-order valence-electron chi connectivity index (χ1n) is 8.35. The summed E-state index contributed by atoms with van der Waals surface area (Å²) >= 11 is 1.86. The van der Waals surface area contributed by atoms with Gasteiger partial charge in [0.15, 0.2) is 5.96 Å². The molecule has 1 aromatic carbocycles. The minimum absolute atomic E-state index is 0. The van der Waals surface area contributed by atoms with E-state index in [0.717, 1.165) is 32.0 Å². The van der Waals surface area contributed by atoms with E-state index in [4.69, 9.17) is 0 Å². The fourth-order valence-corrected chi connectivity index (χ4v) is 3.31. The lowest BCUT2D eigenvalue weighted by molar-refractivity contribution is 0.402. The Labute approximate surface area is 172 Å². The number of halogens is 1. The maximum Gasteiger partial charge on any atom is 0.191 e. The number of aryl methyl sites for hydroxylation is 1. The molecule has 2 rings (SSSR count). The molecule has 6 heteroatoms. The van der Waals surface area contributed by atoms with Gasteiger partial charge >= 0.3 is 0 Å². The highest BCUT2D eigenvalue weighted by atomic mass is 127. The number of aliphatic imine (C=N–C) groups is 1. The molecule has 138 valence electrons. The van der Waals surface area contributed by atoms with Gasteiger partial charge in [0.05, 0.1) is 6.54 Å². The number of benzene rings is 1. The number of nitrogens with zero attached hydrogens (tertiary/aromatic N) is 2. The third-order valence-corrected chi connectivity index (χ3v) is 4.93. The van der Waals surface area contributed by atoms with Crippen molar-refractivity contribution >= 4 is 41.3 Å². The lowest BCUT2D eigenvalue weighted by Gasteiger charge is -2.12. The first kappa shape index (κ1) is 21.9. The van der Waals surface area contributed by atoms with E-state index in [1.54, 1.807) is 7.05 Å². The van der Waals surface area contributed by atoms with Gasteiger partial charge in [0.2, 0.25) is 0 Å². The van der Waals surface area contributed by atoms with Crippen molar-refractivity contribution in [2.75, 3.05) is 21.1 Å². The predicted octanol–water partition coefficient (Wildman–Crippen LogP) is 3.86. The van der Waals surface area contributed by atoms with Crippen molar-refractivity contribution in [3.63, 3.8) is 0 Å². The lowest BCUT2D eigenvalue weighted by Crippen LogP contribution is -2.36. The van der Waals surface area contributed by atoms with Gasteiger partial charge in [-0.25, -0.2) is 0 Å². The third-order valence-electron chi connectivity index (χ3n) is 3.70. The molecule has 0 bridgehead atoms. The Kier molecular flexibility index (Phi) is 10.1. The second-order valence-electron chi connectivity index (χ2n) is 6.06. The van der Waals surface area contributed by atoms with Crippen LogP contribution >= 0.6 is 35.3 Å². The highest BCUT2D eigenvalue weighted by molar-refractivity contribution is 14.0. The molecule has 0 aliphatic heterocycles. The summed E-state index contributed by atoms with van der Waals surface area (Å²) in [6, 6.07) is 13.1. The standard InChI is InChI=1S/C19H28N4S.HI/c1-5-17-10-11-18(24-17)13-22-19(20-2)21-12-15-6-8-16(9-7-15)14-23(3)4;/h6-11H,5,12-14H2,1-4H3,(H2,20,21,22);1H. The Morgan fingerprint density at radius 2 is 1.56 bits per heavy atom. The number of hydrogen-bond donors (Lipinski definition) is 2. The quantitative estimate of drug-likeness (QED) is 0.365. The second kappa shape index (κ2) is 11.5. The van der Waals surface area contributed by atoms with E-state index in [9.17, 15) is 0 Å². The largest absolute Gasteiger partial charge is 0.352 e. The van der Waals surface area contributed by atoms with Crippen LogP contribution in [0.2, 0.25) is 0 Å². The fraction of sp³-hybridized carbons (Fsp3) is 0.421. The number of thiophene rings is 1. The van der Waals surface area contributed by atoms with Crippen LogP contribution in [0.25, 0.3) is 0 Å². The lowest BCUT2D eigenvalue weighted by atomic mass is 10.1. The molecule has 0 saturated carbocycles. The average Bonchev–Trinajstić information content (AvgIpc) is 3.04. The molecule has 4 nitrogen and oxygen atoms in total. The topological polar surface area (TPSA) is 39.7 Å². The molecular weight excluding hydrogens is 443 g/mol. The van der Waals surface area contributed by atoms with Crippen molar-refractivity contribution in [2.24, 2.45) is 4.99 Å². The summed E-state index contributed by atoms with van der Waals surface area (Å²) in [5.41, 5.74) is 2.58. The van der Waals surface area contributed by atoms with E-state index < -0.39 is 0 Å². The molecule has 0 aliphatic carbocycles. The summed E-state index contributed by atoms with van der Waals surface area (Å²) in [5.74, 6) is 0.832. The average molecular weight is 472 g/mol. The highest BCUT2D eigenvalue weighted by Crippen LogP contribution is 2.16. The van der Waals surface area contributed by atoms with Crippen molar-refractivity contribution in [1.29, 1.82) is 0 Å². The van der Waals surface area contributed by atoms with E-state index in [1.165, 1.54) is 20.9 Å². The Morgan fingerprint density at radius 1 is 0.960 bits per heavy atom. The molecule has 0 unspecified atom stereocenters. The zero-order chi connectivity index (χ0) is 17.4. The van der Waals surface area contributed by atoms with E-state index in [0.29, 0.717) is 0 Å². The van der Waals surface area contributed by atoms with E-state index in [2.05, 4.69) is 77.9 Å². The molecule has 1 aromatic heterocycles. The molecule has 2 N–H and O–H groups in total. The number of guanidine groups is 1. The van der Waals surface area contributed by atoms with Gasteiger partial charge in [-0.1, -0.05) is 31.2 Å². The Balaban J connectivity index is 0.00000312. The maximum atomic E-state index is 4.29. The predicted molar refractivity (Wildman–Crippen MR) is 120 cm³/mol. The summed E-state index contributed by atoms with van der Waals surface area (Å²) in [5, 5.41) is 6.74. The molecule has 2 aromatic rings. The zero-order valence-corrected chi connectivity index (χ0v) is 18.7. The fourth-order valence-electron chi connectivity index (χ4n) is 2.41. The minimum atomic E-state index is 0. The molecule has 0 atom stereocenters. The van der Waals surface area contributed by atoms with Crippen molar-refractivity contribution in [2.45, 2.75) is 33.0 Å². The van der Waals surface area contributed by atoms with Gasteiger partial charge in [-0.3, -0.25) is 4.99 Å². The van der Waals surface area contributed by atoms with Crippen molar-refractivity contribution < 1.29 is 0 Å². The van der Waals surface area contributed by atoms with Crippen molar-refractivity contribution in [1.82, 2.24) is 15.5 Å². The van der Waals surface area contributed by atoms with Gasteiger partial charge in [-0.05, 0) is 43.8 Å². The van der Waals surface area contributed by atoms with Crippen molar-refractivity contribution in [3.05, 3.63) is 57.3 Å². The van der Waals surface area contributed by atoms with Gasteiger partial charge < -0.3 is 15.5 Å². The van der Waals surface area contributed by atoms with Crippen LogP contribution in [0, 0.1) is 0 Å². The van der Waals surface area contributed by atoms with Gasteiger partial charge in [0, 0.05) is 29.9 Å². The second-order valence-corrected chi connectivity index (χ2v) is 7.31. The van der Waals surface area contributed by atoms with E-state index in [1.807, 2.05) is 11.3 Å². The van der Waals surface area contributed by atoms with Crippen LogP contribution in [0.5, 0.6) is 0 Å². The summed E-state index contributed by atoms with van der Waals surface area (Å²) < 4.78 is 0. The minimum Gasteiger partial charge on any atom is -0.352 e. The third kappa shape index (κ3) is 7.75. The SMILES string of the molecule is CCc1ccc(CNC(=NC)NCc2ccc(CN(C)C)cc2)s1.I. The highest BCUT2D eigenvalue weighted by Gasteiger charge is 2.02. The maximum absolute atomic E-state index is 4.29. The summed E-state index contributed by atoms with van der Waals surface area (Å²) in [7, 11) is 5.98. The zero-order valence-electron chi connectivity index (χ0n) is 15.5. The monoisotopic (exact) mass is 472 g/mol.